The van der Waals surface area contributed by atoms with Gasteiger partial charge in [-0.05, 0) is 19.4 Å². The van der Waals surface area contributed by atoms with E-state index < -0.39 is 12.0 Å². The van der Waals surface area contributed by atoms with Crippen LogP contribution < -0.4 is 11.1 Å². The summed E-state index contributed by atoms with van der Waals surface area (Å²) in [7, 11) is 0. The number of aliphatic carboxylic acids is 1. The molecule has 0 rings (SSSR count). The predicted octanol–water partition coefficient (Wildman–Crippen LogP) is -0.192. The molecule has 0 amide bonds. The van der Waals surface area contributed by atoms with Gasteiger partial charge in [0.1, 0.15) is 6.04 Å². The van der Waals surface area contributed by atoms with Crippen molar-refractivity contribution in [2.24, 2.45) is 5.73 Å². The Labute approximate surface area is 77.8 Å². The number of hydrogen-bond acceptors (Lipinski definition) is 4. The molecule has 76 valence electrons. The van der Waals surface area contributed by atoms with Gasteiger partial charge < -0.3 is 21.6 Å². The summed E-state index contributed by atoms with van der Waals surface area (Å²) in [6.07, 6.45) is 3.51. The van der Waals surface area contributed by atoms with Crippen molar-refractivity contribution in [2.75, 3.05) is 13.1 Å². The molecule has 0 aromatic carbocycles. The first-order valence-corrected chi connectivity index (χ1v) is 4.36. The van der Waals surface area contributed by atoms with Crippen LogP contribution in [0, 0.1) is 5.41 Å². The fraction of sp³-hybridized carbons (Fsp3) is 0.750. The van der Waals surface area contributed by atoms with Crippen LogP contribution in [0.2, 0.25) is 0 Å². The molecule has 5 nitrogen and oxygen atoms in total. The standard InChI is InChI=1S/C8H17N3O2/c9-4-6-11-5-2-1-3-7(10)8(12)13/h4,7,9,11H,1-3,5-6,10H2,(H,12,13)/t7-/m1/s1. The van der Waals surface area contributed by atoms with E-state index in [-0.39, 0.29) is 0 Å². The maximum absolute atomic E-state index is 10.3. The van der Waals surface area contributed by atoms with E-state index in [0.29, 0.717) is 13.0 Å². The summed E-state index contributed by atoms with van der Waals surface area (Å²) in [5.41, 5.74) is 5.30. The van der Waals surface area contributed by atoms with Crippen LogP contribution in [0.15, 0.2) is 0 Å². The fourth-order valence-corrected chi connectivity index (χ4v) is 0.912. The number of carboxylic acid groups (broad SMARTS) is 1. The zero-order valence-electron chi connectivity index (χ0n) is 7.62. The molecule has 0 aliphatic carbocycles. The summed E-state index contributed by atoms with van der Waals surface area (Å²) in [4.78, 5) is 10.3. The molecule has 13 heavy (non-hydrogen) atoms. The minimum atomic E-state index is -0.938. The molecular formula is C8H17N3O2. The van der Waals surface area contributed by atoms with Crippen molar-refractivity contribution in [3.63, 3.8) is 0 Å². The quantitative estimate of drug-likeness (QED) is 0.312. The number of nitrogens with one attached hydrogen (secondary N) is 2. The lowest BCUT2D eigenvalue weighted by Gasteiger charge is -2.05. The van der Waals surface area contributed by atoms with Crippen LogP contribution in [0.5, 0.6) is 0 Å². The molecule has 0 aliphatic heterocycles. The molecule has 0 spiro atoms. The van der Waals surface area contributed by atoms with Crippen LogP contribution in [0.1, 0.15) is 19.3 Å². The Morgan fingerprint density at radius 1 is 1.62 bits per heavy atom. The molecule has 0 fully saturated rings. The average molecular weight is 187 g/mol. The summed E-state index contributed by atoms with van der Waals surface area (Å²) in [6, 6.07) is -0.734. The van der Waals surface area contributed by atoms with Crippen molar-refractivity contribution in [3.8, 4) is 0 Å². The van der Waals surface area contributed by atoms with Gasteiger partial charge in [0, 0.05) is 12.8 Å². The van der Waals surface area contributed by atoms with Gasteiger partial charge >= 0.3 is 5.97 Å². The summed E-state index contributed by atoms with van der Waals surface area (Å²) in [5, 5.41) is 18.2. The molecular weight excluding hydrogens is 170 g/mol. The highest BCUT2D eigenvalue weighted by atomic mass is 16.4. The second-order valence-electron chi connectivity index (χ2n) is 2.85. The molecule has 0 unspecified atom stereocenters. The summed E-state index contributed by atoms with van der Waals surface area (Å²) in [6.45, 7) is 1.38. The molecule has 5 N–H and O–H groups in total. The fourth-order valence-electron chi connectivity index (χ4n) is 0.912. The minimum absolute atomic E-state index is 0.515. The number of unbranched alkanes of at least 4 members (excludes halogenated alkanes) is 1. The number of carboxylic acids is 1. The average Bonchev–Trinajstić information content (AvgIpc) is 2.10. The van der Waals surface area contributed by atoms with Crippen molar-refractivity contribution < 1.29 is 9.90 Å². The number of hydrogen-bond donors (Lipinski definition) is 4. The van der Waals surface area contributed by atoms with Crippen LogP contribution in [-0.2, 0) is 4.79 Å². The molecule has 0 radical (unpaired) electrons. The van der Waals surface area contributed by atoms with E-state index in [2.05, 4.69) is 5.32 Å². The first-order chi connectivity index (χ1) is 6.18. The number of nitrogens with two attached hydrogens (primary N) is 1. The number of carbonyl (C=O) groups is 1. The van der Waals surface area contributed by atoms with E-state index >= 15 is 0 Å². The van der Waals surface area contributed by atoms with Crippen LogP contribution >= 0.6 is 0 Å². The molecule has 0 heterocycles. The third-order valence-electron chi connectivity index (χ3n) is 1.68. The Bertz CT molecular complexity index is 161. The Kier molecular flexibility index (Phi) is 7.14. The molecule has 0 bridgehead atoms. The predicted molar refractivity (Wildman–Crippen MR) is 51.1 cm³/mol. The maximum atomic E-state index is 10.3. The topological polar surface area (TPSA) is 99.2 Å². The maximum Gasteiger partial charge on any atom is 0.320 e. The molecule has 0 saturated heterocycles. The lowest BCUT2D eigenvalue weighted by molar-refractivity contribution is -0.138. The third-order valence-corrected chi connectivity index (χ3v) is 1.68. The minimum Gasteiger partial charge on any atom is -0.480 e. The highest BCUT2D eigenvalue weighted by molar-refractivity contribution is 5.72. The van der Waals surface area contributed by atoms with E-state index in [1.807, 2.05) is 0 Å². The zero-order chi connectivity index (χ0) is 10.1. The first kappa shape index (κ1) is 12.1. The monoisotopic (exact) mass is 187 g/mol. The normalized spacial score (nSPS) is 12.4. The summed E-state index contributed by atoms with van der Waals surface area (Å²) < 4.78 is 0. The van der Waals surface area contributed by atoms with Crippen LogP contribution in [-0.4, -0.2) is 36.4 Å². The Hall–Kier alpha value is -0.940. The van der Waals surface area contributed by atoms with Gasteiger partial charge in [-0.25, -0.2) is 0 Å². The second kappa shape index (κ2) is 7.70. The molecule has 5 heteroatoms. The van der Waals surface area contributed by atoms with Crippen molar-refractivity contribution in [3.05, 3.63) is 0 Å². The second-order valence-corrected chi connectivity index (χ2v) is 2.85. The van der Waals surface area contributed by atoms with E-state index in [9.17, 15) is 4.79 Å². The van der Waals surface area contributed by atoms with Gasteiger partial charge in [-0.2, -0.15) is 0 Å². The number of rotatable bonds is 8. The Morgan fingerprint density at radius 2 is 2.31 bits per heavy atom. The van der Waals surface area contributed by atoms with E-state index in [4.69, 9.17) is 16.2 Å². The summed E-state index contributed by atoms with van der Waals surface area (Å²) in [5.74, 6) is -0.938. The SMILES string of the molecule is N=CCNCCCC[C@@H](N)C(=O)O. The first-order valence-electron chi connectivity index (χ1n) is 4.36. The molecule has 1 atom stereocenters. The van der Waals surface area contributed by atoms with Gasteiger partial charge in [-0.15, -0.1) is 0 Å². The van der Waals surface area contributed by atoms with Gasteiger partial charge in [0.2, 0.25) is 0 Å². The van der Waals surface area contributed by atoms with Crippen molar-refractivity contribution in [1.82, 2.24) is 5.32 Å². The van der Waals surface area contributed by atoms with Crippen LogP contribution in [0.25, 0.3) is 0 Å². The lowest BCUT2D eigenvalue weighted by atomic mass is 10.1. The van der Waals surface area contributed by atoms with E-state index in [1.54, 1.807) is 0 Å². The van der Waals surface area contributed by atoms with Gasteiger partial charge in [-0.1, -0.05) is 6.42 Å². The molecule has 0 aromatic rings. The molecule has 0 aliphatic rings. The molecule has 0 aromatic heterocycles. The third kappa shape index (κ3) is 7.42. The highest BCUT2D eigenvalue weighted by Gasteiger charge is 2.09. The van der Waals surface area contributed by atoms with Gasteiger partial charge in [0.25, 0.3) is 0 Å². The smallest absolute Gasteiger partial charge is 0.320 e. The molecule has 0 saturated carbocycles. The Balaban J connectivity index is 3.15. The van der Waals surface area contributed by atoms with Crippen LogP contribution in [0.4, 0.5) is 0 Å². The van der Waals surface area contributed by atoms with Gasteiger partial charge in [0.05, 0.1) is 0 Å². The lowest BCUT2D eigenvalue weighted by Crippen LogP contribution is -2.30. The van der Waals surface area contributed by atoms with Crippen molar-refractivity contribution in [1.29, 1.82) is 5.41 Å². The van der Waals surface area contributed by atoms with E-state index in [1.165, 1.54) is 6.21 Å². The summed E-state index contributed by atoms with van der Waals surface area (Å²) >= 11 is 0. The largest absolute Gasteiger partial charge is 0.480 e. The van der Waals surface area contributed by atoms with Crippen LogP contribution in [0.3, 0.4) is 0 Å². The van der Waals surface area contributed by atoms with Crippen molar-refractivity contribution in [2.45, 2.75) is 25.3 Å². The highest BCUT2D eigenvalue weighted by Crippen LogP contribution is 1.97. The van der Waals surface area contributed by atoms with Crippen molar-refractivity contribution >= 4 is 12.2 Å². The Morgan fingerprint density at radius 3 is 2.85 bits per heavy atom. The van der Waals surface area contributed by atoms with Gasteiger partial charge in [-0.3, -0.25) is 4.79 Å². The van der Waals surface area contributed by atoms with Gasteiger partial charge in [0.15, 0.2) is 0 Å². The zero-order valence-corrected chi connectivity index (χ0v) is 7.62. The van der Waals surface area contributed by atoms with E-state index in [0.717, 1.165) is 19.4 Å².